The minimum Gasteiger partial charge on any atom is -0.480 e. The average molecular weight is 439 g/mol. The molecule has 0 saturated carbocycles. The largest absolute Gasteiger partial charge is 0.480 e. The summed E-state index contributed by atoms with van der Waals surface area (Å²) in [4.78, 5) is 55.9. The van der Waals surface area contributed by atoms with Crippen LogP contribution in [0.2, 0.25) is 0 Å². The number of carboxylic acid groups (broad SMARTS) is 1. The van der Waals surface area contributed by atoms with Gasteiger partial charge in [0, 0.05) is 18.3 Å². The van der Waals surface area contributed by atoms with Crippen molar-refractivity contribution < 1.29 is 24.3 Å². The first-order valence-corrected chi connectivity index (χ1v) is 10.4. The fourth-order valence-corrected chi connectivity index (χ4v) is 2.99. The molecule has 0 saturated heterocycles. The summed E-state index contributed by atoms with van der Waals surface area (Å²) in [5.41, 5.74) is 5.97. The van der Waals surface area contributed by atoms with E-state index in [0.29, 0.717) is 18.5 Å². The molecule has 0 bridgehead atoms. The van der Waals surface area contributed by atoms with E-state index < -0.39 is 41.8 Å². The molecular weight excluding hydrogens is 404 g/mol. The second-order valence-electron chi connectivity index (χ2n) is 8.01. The molecule has 7 N–H and O–H groups in total. The zero-order chi connectivity index (χ0) is 23.6. The molecule has 0 aromatic carbocycles. The fraction of sp³-hybridized carbons (Fsp3) is 0.650. The molecule has 4 unspecified atom stereocenters. The monoisotopic (exact) mass is 438 g/mol. The van der Waals surface area contributed by atoms with Crippen molar-refractivity contribution in [2.45, 2.75) is 65.1 Å². The summed E-state index contributed by atoms with van der Waals surface area (Å²) < 4.78 is 0. The van der Waals surface area contributed by atoms with Gasteiger partial charge < -0.3 is 31.8 Å². The highest BCUT2D eigenvalue weighted by Crippen LogP contribution is 2.11. The molecule has 1 heterocycles. The minimum atomic E-state index is -1.13. The van der Waals surface area contributed by atoms with E-state index in [4.69, 9.17) is 5.73 Å². The lowest BCUT2D eigenvalue weighted by Gasteiger charge is -2.27. The van der Waals surface area contributed by atoms with Gasteiger partial charge in [-0.1, -0.05) is 34.1 Å². The van der Waals surface area contributed by atoms with Gasteiger partial charge >= 0.3 is 5.97 Å². The molecule has 0 aliphatic heterocycles. The van der Waals surface area contributed by atoms with E-state index in [1.807, 2.05) is 20.8 Å². The van der Waals surface area contributed by atoms with Crippen LogP contribution < -0.4 is 21.7 Å². The molecule has 1 rings (SSSR count). The topological polar surface area (TPSA) is 179 Å². The van der Waals surface area contributed by atoms with Crippen LogP contribution in [0.1, 0.15) is 46.2 Å². The van der Waals surface area contributed by atoms with Crippen LogP contribution in [0.4, 0.5) is 0 Å². The van der Waals surface area contributed by atoms with Gasteiger partial charge in [0.25, 0.3) is 0 Å². The first-order valence-electron chi connectivity index (χ1n) is 10.4. The number of aliphatic carboxylic acids is 1. The van der Waals surface area contributed by atoms with Gasteiger partial charge in [0.2, 0.25) is 17.7 Å². The third-order valence-corrected chi connectivity index (χ3v) is 4.93. The van der Waals surface area contributed by atoms with E-state index in [0.717, 1.165) is 0 Å². The number of carbonyl (C=O) groups is 4. The van der Waals surface area contributed by atoms with E-state index in [1.165, 1.54) is 12.5 Å². The minimum absolute atomic E-state index is 0.0487. The fourth-order valence-electron chi connectivity index (χ4n) is 2.99. The summed E-state index contributed by atoms with van der Waals surface area (Å²) in [5, 5.41) is 17.2. The first kappa shape index (κ1) is 26.1. The summed E-state index contributed by atoms with van der Waals surface area (Å²) in [6.07, 6.45) is 3.96. The van der Waals surface area contributed by atoms with Crippen molar-refractivity contribution in [3.8, 4) is 0 Å². The van der Waals surface area contributed by atoms with Gasteiger partial charge in [-0.15, -0.1) is 0 Å². The van der Waals surface area contributed by atoms with E-state index in [1.54, 1.807) is 6.92 Å². The van der Waals surface area contributed by atoms with Crippen molar-refractivity contribution in [3.05, 3.63) is 18.2 Å². The SMILES string of the molecule is CCC(C)C(NC(=O)C(CC(C)C)NC(=O)C(Cc1cnc[nH]1)NC(=O)CN)C(=O)O. The molecule has 0 aliphatic rings. The Hall–Kier alpha value is -2.95. The Morgan fingerprint density at radius 1 is 1.10 bits per heavy atom. The van der Waals surface area contributed by atoms with Crippen LogP contribution in [0.25, 0.3) is 0 Å². The van der Waals surface area contributed by atoms with Gasteiger partial charge in [-0.05, 0) is 18.3 Å². The van der Waals surface area contributed by atoms with Crippen molar-refractivity contribution in [1.29, 1.82) is 0 Å². The lowest BCUT2D eigenvalue weighted by Crippen LogP contribution is -2.57. The average Bonchev–Trinajstić information content (AvgIpc) is 3.22. The number of rotatable bonds is 13. The molecule has 0 aliphatic carbocycles. The Morgan fingerprint density at radius 2 is 1.74 bits per heavy atom. The lowest BCUT2D eigenvalue weighted by atomic mass is 9.97. The Labute approximate surface area is 181 Å². The van der Waals surface area contributed by atoms with Gasteiger partial charge in [0.15, 0.2) is 0 Å². The standard InChI is InChI=1S/C20H34N6O5/c1-5-12(4)17(20(30)31)26-19(29)14(6-11(2)3)25-18(28)15(24-16(27)8-21)7-13-9-22-10-23-13/h9-12,14-15,17H,5-8,21H2,1-4H3,(H,22,23)(H,24,27)(H,25,28)(H,26,29)(H,30,31). The summed E-state index contributed by atoms with van der Waals surface area (Å²) in [6.45, 7) is 7.04. The first-order chi connectivity index (χ1) is 14.6. The molecule has 0 radical (unpaired) electrons. The van der Waals surface area contributed by atoms with Crippen molar-refractivity contribution in [1.82, 2.24) is 25.9 Å². The number of hydrogen-bond donors (Lipinski definition) is 6. The molecule has 31 heavy (non-hydrogen) atoms. The second-order valence-corrected chi connectivity index (χ2v) is 8.01. The Bertz CT molecular complexity index is 736. The van der Waals surface area contributed by atoms with Gasteiger partial charge in [-0.3, -0.25) is 14.4 Å². The van der Waals surface area contributed by atoms with Crippen molar-refractivity contribution in [3.63, 3.8) is 0 Å². The number of carbonyl (C=O) groups excluding carboxylic acids is 3. The maximum Gasteiger partial charge on any atom is 0.326 e. The van der Waals surface area contributed by atoms with Gasteiger partial charge in [0.1, 0.15) is 18.1 Å². The van der Waals surface area contributed by atoms with Crippen molar-refractivity contribution in [2.75, 3.05) is 6.54 Å². The van der Waals surface area contributed by atoms with Gasteiger partial charge in [0.05, 0.1) is 12.9 Å². The molecule has 0 fully saturated rings. The number of nitrogens with zero attached hydrogens (tertiary/aromatic N) is 1. The molecule has 11 nitrogen and oxygen atoms in total. The normalized spacial score (nSPS) is 14.9. The summed E-state index contributed by atoms with van der Waals surface area (Å²) >= 11 is 0. The number of amides is 3. The lowest BCUT2D eigenvalue weighted by molar-refractivity contribution is -0.144. The van der Waals surface area contributed by atoms with Crippen LogP contribution in [-0.2, 0) is 25.6 Å². The number of hydrogen-bond acceptors (Lipinski definition) is 6. The molecule has 174 valence electrons. The summed E-state index contributed by atoms with van der Waals surface area (Å²) in [7, 11) is 0. The van der Waals surface area contributed by atoms with Crippen LogP contribution in [-0.4, -0.2) is 63.4 Å². The van der Waals surface area contributed by atoms with Crippen LogP contribution in [0.15, 0.2) is 12.5 Å². The zero-order valence-electron chi connectivity index (χ0n) is 18.5. The van der Waals surface area contributed by atoms with Gasteiger partial charge in [-0.25, -0.2) is 9.78 Å². The maximum atomic E-state index is 12.9. The number of carboxylic acids is 1. The molecule has 4 atom stereocenters. The third-order valence-electron chi connectivity index (χ3n) is 4.93. The predicted molar refractivity (Wildman–Crippen MR) is 114 cm³/mol. The maximum absolute atomic E-state index is 12.9. The Kier molecular flexibility index (Phi) is 10.7. The quantitative estimate of drug-likeness (QED) is 0.241. The summed E-state index contributed by atoms with van der Waals surface area (Å²) in [5.74, 6) is -3.05. The Morgan fingerprint density at radius 3 is 2.23 bits per heavy atom. The molecule has 11 heteroatoms. The molecule has 1 aromatic heterocycles. The highest BCUT2D eigenvalue weighted by Gasteiger charge is 2.31. The molecule has 0 spiro atoms. The number of aromatic nitrogens is 2. The van der Waals surface area contributed by atoms with Crippen LogP contribution in [0, 0.1) is 11.8 Å². The molecular formula is C20H34N6O5. The van der Waals surface area contributed by atoms with Crippen LogP contribution in [0.5, 0.6) is 0 Å². The number of imidazole rings is 1. The van der Waals surface area contributed by atoms with Crippen molar-refractivity contribution >= 4 is 23.7 Å². The zero-order valence-corrected chi connectivity index (χ0v) is 18.5. The number of nitrogens with two attached hydrogens (primary N) is 1. The smallest absolute Gasteiger partial charge is 0.326 e. The second kappa shape index (κ2) is 12.7. The van der Waals surface area contributed by atoms with E-state index >= 15 is 0 Å². The van der Waals surface area contributed by atoms with Crippen molar-refractivity contribution in [2.24, 2.45) is 17.6 Å². The van der Waals surface area contributed by atoms with Crippen LogP contribution in [0.3, 0.4) is 0 Å². The number of nitrogens with one attached hydrogen (secondary N) is 4. The van der Waals surface area contributed by atoms with E-state index in [9.17, 15) is 24.3 Å². The molecule has 3 amide bonds. The third kappa shape index (κ3) is 8.75. The number of H-pyrrole nitrogens is 1. The Balaban J connectivity index is 2.99. The van der Waals surface area contributed by atoms with E-state index in [-0.39, 0.29) is 24.8 Å². The highest BCUT2D eigenvalue weighted by atomic mass is 16.4. The number of aromatic amines is 1. The van der Waals surface area contributed by atoms with E-state index in [2.05, 4.69) is 25.9 Å². The predicted octanol–water partition coefficient (Wildman–Crippen LogP) is -0.458. The molecule has 1 aromatic rings. The van der Waals surface area contributed by atoms with Crippen LogP contribution >= 0.6 is 0 Å². The van der Waals surface area contributed by atoms with Gasteiger partial charge in [-0.2, -0.15) is 0 Å². The highest BCUT2D eigenvalue weighted by molar-refractivity contribution is 5.93. The summed E-state index contributed by atoms with van der Waals surface area (Å²) in [6, 6.07) is -3.01.